The maximum Gasteiger partial charge on any atom is 0.221 e. The summed E-state index contributed by atoms with van der Waals surface area (Å²) in [6.07, 6.45) is 3.19. The lowest BCUT2D eigenvalue weighted by atomic mass is 10.1. The van der Waals surface area contributed by atoms with E-state index in [1.165, 1.54) is 6.08 Å². The van der Waals surface area contributed by atoms with Gasteiger partial charge in [-0.05, 0) is 60.2 Å². The summed E-state index contributed by atoms with van der Waals surface area (Å²) in [6, 6.07) is 21.7. The molecule has 0 radical (unpaired) electrons. The SMILES string of the molecule is COc1ccc(C=CC(=O)c2nc3ccccc3n2CC(=O)c2ccc(OC)cc2)cc1. The normalized spacial score (nSPS) is 11.1. The highest BCUT2D eigenvalue weighted by Gasteiger charge is 2.18. The van der Waals surface area contributed by atoms with Crippen molar-refractivity contribution in [2.45, 2.75) is 6.54 Å². The smallest absolute Gasteiger partial charge is 0.221 e. The molecule has 0 spiro atoms. The van der Waals surface area contributed by atoms with Crippen LogP contribution in [0.25, 0.3) is 17.1 Å². The topological polar surface area (TPSA) is 70.4 Å². The Kier molecular flexibility index (Phi) is 6.12. The predicted octanol–water partition coefficient (Wildman–Crippen LogP) is 4.83. The highest BCUT2D eigenvalue weighted by atomic mass is 16.5. The number of para-hydroxylation sites is 2. The molecule has 1 heterocycles. The van der Waals surface area contributed by atoms with Gasteiger partial charge in [0.05, 0.1) is 31.8 Å². The summed E-state index contributed by atoms with van der Waals surface area (Å²) in [6.45, 7) is 0.00426. The summed E-state index contributed by atoms with van der Waals surface area (Å²) in [7, 11) is 3.18. The molecule has 0 bridgehead atoms. The molecule has 0 saturated carbocycles. The number of nitrogens with zero attached hydrogens (tertiary/aromatic N) is 2. The molecule has 4 rings (SSSR count). The second-order valence-corrected chi connectivity index (χ2v) is 7.13. The average molecular weight is 426 g/mol. The van der Waals surface area contributed by atoms with Gasteiger partial charge in [-0.15, -0.1) is 0 Å². The maximum atomic E-state index is 13.0. The van der Waals surface area contributed by atoms with Crippen LogP contribution < -0.4 is 9.47 Å². The van der Waals surface area contributed by atoms with Crippen molar-refractivity contribution in [3.05, 3.63) is 95.8 Å². The van der Waals surface area contributed by atoms with Gasteiger partial charge < -0.3 is 14.0 Å². The Morgan fingerprint density at radius 3 is 2.16 bits per heavy atom. The zero-order chi connectivity index (χ0) is 22.5. The van der Waals surface area contributed by atoms with Gasteiger partial charge in [0.15, 0.2) is 11.6 Å². The molecule has 0 N–H and O–H groups in total. The summed E-state index contributed by atoms with van der Waals surface area (Å²) in [5, 5.41) is 0. The third-order valence-corrected chi connectivity index (χ3v) is 5.13. The lowest BCUT2D eigenvalue weighted by Gasteiger charge is -2.08. The van der Waals surface area contributed by atoms with E-state index in [0.29, 0.717) is 16.8 Å². The van der Waals surface area contributed by atoms with Gasteiger partial charge in [-0.3, -0.25) is 9.59 Å². The van der Waals surface area contributed by atoms with E-state index in [0.717, 1.165) is 16.8 Å². The summed E-state index contributed by atoms with van der Waals surface area (Å²) in [4.78, 5) is 30.4. The molecule has 0 saturated heterocycles. The lowest BCUT2D eigenvalue weighted by molar-refractivity contribution is 0.0969. The van der Waals surface area contributed by atoms with Crippen LogP contribution in [0.1, 0.15) is 26.5 Å². The Balaban J connectivity index is 1.63. The Morgan fingerprint density at radius 2 is 1.50 bits per heavy atom. The van der Waals surface area contributed by atoms with Crippen LogP contribution in [-0.2, 0) is 6.54 Å². The Bertz CT molecular complexity index is 1290. The number of rotatable bonds is 8. The van der Waals surface area contributed by atoms with Crippen LogP contribution in [0.15, 0.2) is 78.9 Å². The number of carbonyl (C=O) groups excluding carboxylic acids is 2. The van der Waals surface area contributed by atoms with Crippen molar-refractivity contribution in [3.8, 4) is 11.5 Å². The molecule has 0 atom stereocenters. The van der Waals surface area contributed by atoms with E-state index in [2.05, 4.69) is 4.98 Å². The van der Waals surface area contributed by atoms with E-state index < -0.39 is 0 Å². The molecular weight excluding hydrogens is 404 g/mol. The number of hydrogen-bond acceptors (Lipinski definition) is 5. The van der Waals surface area contributed by atoms with Gasteiger partial charge in [0.25, 0.3) is 0 Å². The highest BCUT2D eigenvalue weighted by molar-refractivity contribution is 6.07. The van der Waals surface area contributed by atoms with Gasteiger partial charge in [-0.1, -0.05) is 30.3 Å². The van der Waals surface area contributed by atoms with E-state index in [4.69, 9.17) is 9.47 Å². The fourth-order valence-corrected chi connectivity index (χ4v) is 3.40. The molecule has 6 heteroatoms. The molecule has 3 aromatic carbocycles. The molecule has 0 aliphatic heterocycles. The number of ketones is 2. The number of ether oxygens (including phenoxy) is 2. The minimum absolute atomic E-state index is 0.00426. The van der Waals surface area contributed by atoms with Crippen LogP contribution >= 0.6 is 0 Å². The molecule has 0 aliphatic carbocycles. The quantitative estimate of drug-likeness (QED) is 0.298. The van der Waals surface area contributed by atoms with Crippen LogP contribution in [0, 0.1) is 0 Å². The van der Waals surface area contributed by atoms with Crippen molar-refractivity contribution in [3.63, 3.8) is 0 Å². The molecule has 0 aliphatic rings. The zero-order valence-corrected chi connectivity index (χ0v) is 17.8. The van der Waals surface area contributed by atoms with Crippen molar-refractivity contribution in [2.75, 3.05) is 14.2 Å². The molecule has 0 amide bonds. The molecular formula is C26H22N2O4. The number of allylic oxidation sites excluding steroid dienone is 1. The molecule has 160 valence electrons. The minimum atomic E-state index is -0.278. The number of Topliss-reactive ketones (excluding diaryl/α,β-unsaturated/α-hetero) is 1. The Labute approximate surface area is 185 Å². The fourth-order valence-electron chi connectivity index (χ4n) is 3.40. The third-order valence-electron chi connectivity index (χ3n) is 5.13. The molecule has 32 heavy (non-hydrogen) atoms. The Hall–Kier alpha value is -4.19. The van der Waals surface area contributed by atoms with Gasteiger partial charge >= 0.3 is 0 Å². The number of aromatic nitrogens is 2. The summed E-state index contributed by atoms with van der Waals surface area (Å²) in [5.74, 6) is 1.24. The predicted molar refractivity (Wildman–Crippen MR) is 123 cm³/mol. The van der Waals surface area contributed by atoms with Crippen molar-refractivity contribution in [1.82, 2.24) is 9.55 Å². The monoisotopic (exact) mass is 426 g/mol. The summed E-state index contributed by atoms with van der Waals surface area (Å²) >= 11 is 0. The van der Waals surface area contributed by atoms with E-state index in [9.17, 15) is 9.59 Å². The number of fused-ring (bicyclic) bond motifs is 1. The van der Waals surface area contributed by atoms with Gasteiger partial charge in [0, 0.05) is 5.56 Å². The summed E-state index contributed by atoms with van der Waals surface area (Å²) < 4.78 is 12.0. The first kappa shape index (κ1) is 21.1. The number of carbonyl (C=O) groups is 2. The van der Waals surface area contributed by atoms with E-state index >= 15 is 0 Å². The van der Waals surface area contributed by atoms with E-state index in [1.54, 1.807) is 49.1 Å². The molecule has 4 aromatic rings. The molecule has 0 fully saturated rings. The van der Waals surface area contributed by atoms with Crippen molar-refractivity contribution < 1.29 is 19.1 Å². The molecule has 6 nitrogen and oxygen atoms in total. The maximum absolute atomic E-state index is 13.0. The molecule has 1 aromatic heterocycles. The van der Waals surface area contributed by atoms with Crippen LogP contribution in [-0.4, -0.2) is 35.3 Å². The standard InChI is InChI=1S/C26H22N2O4/c1-31-20-12-7-18(8-13-20)9-16-24(29)26-27-22-5-3-4-6-23(22)28(26)17-25(30)19-10-14-21(32-2)15-11-19/h3-16H,17H2,1-2H3. The largest absolute Gasteiger partial charge is 0.497 e. The first-order valence-electron chi connectivity index (χ1n) is 10.1. The van der Waals surface area contributed by atoms with Crippen LogP contribution in [0.2, 0.25) is 0 Å². The van der Waals surface area contributed by atoms with Crippen molar-refractivity contribution in [1.29, 1.82) is 0 Å². The third kappa shape index (κ3) is 4.44. The lowest BCUT2D eigenvalue weighted by Crippen LogP contribution is -2.15. The first-order valence-corrected chi connectivity index (χ1v) is 10.1. The van der Waals surface area contributed by atoms with Gasteiger partial charge in [0.2, 0.25) is 5.78 Å². The fraction of sp³-hybridized carbons (Fsp3) is 0.115. The van der Waals surface area contributed by atoms with Gasteiger partial charge in [-0.25, -0.2) is 4.98 Å². The van der Waals surface area contributed by atoms with E-state index in [-0.39, 0.29) is 23.9 Å². The van der Waals surface area contributed by atoms with Gasteiger partial charge in [0.1, 0.15) is 11.5 Å². The number of imidazole rings is 1. The minimum Gasteiger partial charge on any atom is -0.497 e. The summed E-state index contributed by atoms with van der Waals surface area (Å²) in [5.41, 5.74) is 2.79. The zero-order valence-electron chi connectivity index (χ0n) is 17.8. The number of benzene rings is 3. The average Bonchev–Trinajstić information content (AvgIpc) is 3.21. The van der Waals surface area contributed by atoms with Crippen LogP contribution in [0.4, 0.5) is 0 Å². The number of hydrogen-bond donors (Lipinski definition) is 0. The van der Waals surface area contributed by atoms with Crippen molar-refractivity contribution in [2.24, 2.45) is 0 Å². The first-order chi connectivity index (χ1) is 15.6. The van der Waals surface area contributed by atoms with E-state index in [1.807, 2.05) is 48.5 Å². The second-order valence-electron chi connectivity index (χ2n) is 7.13. The van der Waals surface area contributed by atoms with Crippen LogP contribution in [0.3, 0.4) is 0 Å². The number of methoxy groups -OCH3 is 2. The Morgan fingerprint density at radius 1 is 0.875 bits per heavy atom. The molecule has 0 unspecified atom stereocenters. The van der Waals surface area contributed by atoms with Crippen LogP contribution in [0.5, 0.6) is 11.5 Å². The van der Waals surface area contributed by atoms with Crippen molar-refractivity contribution >= 4 is 28.7 Å². The second kappa shape index (κ2) is 9.31. The van der Waals surface area contributed by atoms with Gasteiger partial charge in [-0.2, -0.15) is 0 Å². The highest BCUT2D eigenvalue weighted by Crippen LogP contribution is 2.20.